The number of thioether (sulfide) groups is 1. The molecule has 0 unspecified atom stereocenters. The Morgan fingerprint density at radius 1 is 1.45 bits per heavy atom. The molecule has 0 fully saturated rings. The number of benzene rings is 1. The second kappa shape index (κ2) is 7.26. The number of allylic oxidation sites excluding steroid dienone is 1. The van der Waals surface area contributed by atoms with Crippen LogP contribution in [0.2, 0.25) is 0 Å². The molecule has 1 heterocycles. The molecule has 1 aromatic carbocycles. The van der Waals surface area contributed by atoms with Crippen molar-refractivity contribution in [2.24, 2.45) is 0 Å². The van der Waals surface area contributed by atoms with Gasteiger partial charge in [0.2, 0.25) is 0 Å². The number of hydrogen-bond acceptors (Lipinski definition) is 4. The highest BCUT2D eigenvalue weighted by Crippen LogP contribution is 2.17. The molecule has 0 N–H and O–H groups in total. The normalized spacial score (nSPS) is 10.8. The van der Waals surface area contributed by atoms with E-state index in [1.165, 1.54) is 11.8 Å². The molecule has 2 aromatic rings. The van der Waals surface area contributed by atoms with E-state index in [1.54, 1.807) is 16.7 Å². The van der Waals surface area contributed by atoms with Crippen molar-refractivity contribution in [2.45, 2.75) is 18.6 Å². The maximum Gasteiger partial charge on any atom is 0.262 e. The third kappa shape index (κ3) is 3.29. The molecule has 2 rings (SSSR count). The summed E-state index contributed by atoms with van der Waals surface area (Å²) in [7, 11) is 0. The SMILES string of the molecule is C=CCn1c(SCCOCC)nc2ccccc2c1=O. The minimum atomic E-state index is -0.0191. The van der Waals surface area contributed by atoms with Gasteiger partial charge in [-0.15, -0.1) is 6.58 Å². The fraction of sp³-hybridized carbons (Fsp3) is 0.333. The van der Waals surface area contributed by atoms with E-state index in [2.05, 4.69) is 11.6 Å². The number of fused-ring (bicyclic) bond motifs is 1. The van der Waals surface area contributed by atoms with Gasteiger partial charge in [-0.2, -0.15) is 0 Å². The largest absolute Gasteiger partial charge is 0.381 e. The van der Waals surface area contributed by atoms with Gasteiger partial charge in [0, 0.05) is 18.9 Å². The summed E-state index contributed by atoms with van der Waals surface area (Å²) in [6, 6.07) is 7.41. The van der Waals surface area contributed by atoms with Gasteiger partial charge in [0.15, 0.2) is 5.16 Å². The Bertz CT molecular complexity index is 652. The molecular weight excluding hydrogens is 272 g/mol. The van der Waals surface area contributed by atoms with Crippen LogP contribution in [0, 0.1) is 0 Å². The van der Waals surface area contributed by atoms with Crippen molar-refractivity contribution in [1.82, 2.24) is 9.55 Å². The Balaban J connectivity index is 2.37. The Morgan fingerprint density at radius 3 is 3.00 bits per heavy atom. The van der Waals surface area contributed by atoms with E-state index in [1.807, 2.05) is 25.1 Å². The first-order valence-electron chi connectivity index (χ1n) is 6.59. The summed E-state index contributed by atoms with van der Waals surface area (Å²) in [6.45, 7) is 7.49. The maximum absolute atomic E-state index is 12.5. The van der Waals surface area contributed by atoms with Crippen molar-refractivity contribution in [3.8, 4) is 0 Å². The number of hydrogen-bond donors (Lipinski definition) is 0. The highest BCUT2D eigenvalue weighted by Gasteiger charge is 2.10. The van der Waals surface area contributed by atoms with Crippen LogP contribution in [0.1, 0.15) is 6.92 Å². The first-order valence-corrected chi connectivity index (χ1v) is 7.57. The standard InChI is InChI=1S/C15H18N2O2S/c1-3-9-17-14(18)12-7-5-6-8-13(12)16-15(17)20-11-10-19-4-2/h3,5-8H,1,4,9-11H2,2H3. The summed E-state index contributed by atoms with van der Waals surface area (Å²) >= 11 is 1.54. The van der Waals surface area contributed by atoms with E-state index < -0.39 is 0 Å². The lowest BCUT2D eigenvalue weighted by atomic mass is 10.2. The van der Waals surface area contributed by atoms with E-state index >= 15 is 0 Å². The van der Waals surface area contributed by atoms with Gasteiger partial charge < -0.3 is 4.74 Å². The lowest BCUT2D eigenvalue weighted by molar-refractivity contribution is 0.164. The van der Waals surface area contributed by atoms with Gasteiger partial charge in [0.1, 0.15) is 0 Å². The topological polar surface area (TPSA) is 44.1 Å². The van der Waals surface area contributed by atoms with Crippen molar-refractivity contribution in [3.05, 3.63) is 47.3 Å². The van der Waals surface area contributed by atoms with Crippen molar-refractivity contribution >= 4 is 22.7 Å². The molecule has 106 valence electrons. The highest BCUT2D eigenvalue weighted by molar-refractivity contribution is 7.99. The van der Waals surface area contributed by atoms with Crippen LogP contribution < -0.4 is 5.56 Å². The maximum atomic E-state index is 12.5. The summed E-state index contributed by atoms with van der Waals surface area (Å²) < 4.78 is 6.98. The van der Waals surface area contributed by atoms with Crippen LogP contribution in [-0.2, 0) is 11.3 Å². The van der Waals surface area contributed by atoms with Gasteiger partial charge in [-0.1, -0.05) is 30.0 Å². The first kappa shape index (κ1) is 14.8. The Morgan fingerprint density at radius 2 is 2.25 bits per heavy atom. The quantitative estimate of drug-likeness (QED) is 0.340. The number of nitrogens with zero attached hydrogens (tertiary/aromatic N) is 2. The highest BCUT2D eigenvalue weighted by atomic mass is 32.2. The number of aromatic nitrogens is 2. The molecule has 0 saturated carbocycles. The van der Waals surface area contributed by atoms with Gasteiger partial charge in [-0.25, -0.2) is 4.98 Å². The molecule has 20 heavy (non-hydrogen) atoms. The summed E-state index contributed by atoms with van der Waals surface area (Å²) in [5.74, 6) is 0.774. The van der Waals surface area contributed by atoms with Crippen LogP contribution in [0.5, 0.6) is 0 Å². The predicted molar refractivity (Wildman–Crippen MR) is 83.4 cm³/mol. The van der Waals surface area contributed by atoms with Crippen molar-refractivity contribution in [1.29, 1.82) is 0 Å². The molecule has 0 aliphatic carbocycles. The monoisotopic (exact) mass is 290 g/mol. The summed E-state index contributed by atoms with van der Waals surface area (Å²) in [5, 5.41) is 1.36. The van der Waals surface area contributed by atoms with Gasteiger partial charge in [0.25, 0.3) is 5.56 Å². The molecule has 0 atom stereocenters. The van der Waals surface area contributed by atoms with Crippen LogP contribution in [0.25, 0.3) is 10.9 Å². The zero-order valence-electron chi connectivity index (χ0n) is 11.5. The lowest BCUT2D eigenvalue weighted by Gasteiger charge is -2.11. The van der Waals surface area contributed by atoms with E-state index in [0.717, 1.165) is 11.3 Å². The summed E-state index contributed by atoms with van der Waals surface area (Å²) in [6.07, 6.45) is 1.71. The molecule has 0 bridgehead atoms. The molecule has 0 amide bonds. The van der Waals surface area contributed by atoms with Gasteiger partial charge in [-0.3, -0.25) is 9.36 Å². The molecule has 0 saturated heterocycles. The molecule has 0 aliphatic rings. The fourth-order valence-electron chi connectivity index (χ4n) is 1.88. The van der Waals surface area contributed by atoms with E-state index in [0.29, 0.717) is 30.3 Å². The van der Waals surface area contributed by atoms with E-state index in [4.69, 9.17) is 4.74 Å². The molecule has 0 radical (unpaired) electrons. The average molecular weight is 290 g/mol. The Hall–Kier alpha value is -1.59. The first-order chi connectivity index (χ1) is 9.77. The van der Waals surface area contributed by atoms with E-state index in [9.17, 15) is 4.79 Å². The third-order valence-corrected chi connectivity index (χ3v) is 3.74. The Kier molecular flexibility index (Phi) is 5.38. The second-order valence-electron chi connectivity index (χ2n) is 4.16. The van der Waals surface area contributed by atoms with Crippen LogP contribution in [-0.4, -0.2) is 28.5 Å². The molecule has 0 spiro atoms. The van der Waals surface area contributed by atoms with Crippen LogP contribution in [0.3, 0.4) is 0 Å². The second-order valence-corrected chi connectivity index (χ2v) is 5.22. The summed E-state index contributed by atoms with van der Waals surface area (Å²) in [5.41, 5.74) is 0.714. The van der Waals surface area contributed by atoms with E-state index in [-0.39, 0.29) is 5.56 Å². The van der Waals surface area contributed by atoms with Gasteiger partial charge in [-0.05, 0) is 19.1 Å². The molecule has 0 aliphatic heterocycles. The zero-order chi connectivity index (χ0) is 14.4. The van der Waals surface area contributed by atoms with Crippen molar-refractivity contribution in [3.63, 3.8) is 0 Å². The number of ether oxygens (including phenoxy) is 1. The van der Waals surface area contributed by atoms with Gasteiger partial charge in [0.05, 0.1) is 17.5 Å². The van der Waals surface area contributed by atoms with Crippen molar-refractivity contribution < 1.29 is 4.74 Å². The average Bonchev–Trinajstić information content (AvgIpc) is 2.47. The van der Waals surface area contributed by atoms with Crippen LogP contribution >= 0.6 is 11.8 Å². The molecular formula is C15H18N2O2S. The van der Waals surface area contributed by atoms with Crippen LogP contribution in [0.4, 0.5) is 0 Å². The predicted octanol–water partition coefficient (Wildman–Crippen LogP) is 2.71. The minimum absolute atomic E-state index is 0.0191. The van der Waals surface area contributed by atoms with Crippen LogP contribution in [0.15, 0.2) is 46.9 Å². The smallest absolute Gasteiger partial charge is 0.262 e. The van der Waals surface area contributed by atoms with Crippen molar-refractivity contribution in [2.75, 3.05) is 19.0 Å². The molecule has 4 nitrogen and oxygen atoms in total. The fourth-order valence-corrected chi connectivity index (χ4v) is 2.74. The zero-order valence-corrected chi connectivity index (χ0v) is 12.4. The molecule has 1 aromatic heterocycles. The number of para-hydroxylation sites is 1. The minimum Gasteiger partial charge on any atom is -0.381 e. The van der Waals surface area contributed by atoms with Gasteiger partial charge >= 0.3 is 0 Å². The lowest BCUT2D eigenvalue weighted by Crippen LogP contribution is -2.23. The summed E-state index contributed by atoms with van der Waals surface area (Å²) in [4.78, 5) is 17.0. The molecule has 5 heteroatoms. The Labute approximate surface area is 122 Å². The number of rotatable bonds is 7. The third-order valence-electron chi connectivity index (χ3n) is 2.80.